The number of hydrogen-bond donors (Lipinski definition) is 1. The molecule has 0 aromatic carbocycles. The molecule has 0 heterocycles. The molecule has 1 N–H and O–H groups in total. The molecule has 1 nitrogen and oxygen atoms in total. The molecule has 0 saturated heterocycles. The van der Waals surface area contributed by atoms with Gasteiger partial charge in [-0.3, -0.25) is 0 Å². The summed E-state index contributed by atoms with van der Waals surface area (Å²) in [4.78, 5) is 0. The van der Waals surface area contributed by atoms with E-state index in [2.05, 4.69) is 46.4 Å². The number of hydrogen-bond acceptors (Lipinski definition) is 1. The molecule has 0 aromatic rings. The lowest BCUT2D eigenvalue weighted by Crippen LogP contribution is -2.55. The van der Waals surface area contributed by atoms with Gasteiger partial charge in [0.1, 0.15) is 0 Å². The summed E-state index contributed by atoms with van der Waals surface area (Å²) in [7, 11) is 0. The van der Waals surface area contributed by atoms with Crippen molar-refractivity contribution in [3.8, 4) is 0 Å². The van der Waals surface area contributed by atoms with E-state index in [0.717, 1.165) is 18.8 Å². The molecule has 2 saturated carbocycles. The molecule has 0 spiro atoms. The highest BCUT2D eigenvalue weighted by Crippen LogP contribution is 2.63. The summed E-state index contributed by atoms with van der Waals surface area (Å²) < 4.78 is 0. The third-order valence-electron chi connectivity index (χ3n) is 7.47. The molecule has 3 rings (SSSR count). The summed E-state index contributed by atoms with van der Waals surface area (Å²) in [6, 6.07) is 0. The molecule has 21 heavy (non-hydrogen) atoms. The Bertz CT molecular complexity index is 474. The molecule has 0 aliphatic heterocycles. The lowest BCUT2D eigenvalue weighted by molar-refractivity contribution is -0.120. The largest absolute Gasteiger partial charge is 0.393 e. The minimum atomic E-state index is -0.132. The van der Waals surface area contributed by atoms with Crippen LogP contribution in [-0.4, -0.2) is 11.2 Å². The molecule has 1 heteroatoms. The summed E-state index contributed by atoms with van der Waals surface area (Å²) in [6.45, 7) is 13.5. The Labute approximate surface area is 130 Å². The van der Waals surface area contributed by atoms with Crippen LogP contribution in [-0.2, 0) is 0 Å². The Morgan fingerprint density at radius 3 is 2.57 bits per heavy atom. The van der Waals surface area contributed by atoms with Gasteiger partial charge in [-0.2, -0.15) is 0 Å². The van der Waals surface area contributed by atoms with Gasteiger partial charge in [0, 0.05) is 0 Å². The Kier molecular flexibility index (Phi) is 3.44. The van der Waals surface area contributed by atoms with Crippen molar-refractivity contribution in [1.82, 2.24) is 0 Å². The van der Waals surface area contributed by atoms with Crippen molar-refractivity contribution < 1.29 is 5.11 Å². The Morgan fingerprint density at radius 1 is 1.19 bits per heavy atom. The van der Waals surface area contributed by atoms with Crippen LogP contribution >= 0.6 is 0 Å². The smallest absolute Gasteiger partial charge is 0.0594 e. The highest BCUT2D eigenvalue weighted by atomic mass is 16.3. The van der Waals surface area contributed by atoms with Crippen LogP contribution in [0.2, 0.25) is 0 Å². The van der Waals surface area contributed by atoms with Crippen LogP contribution in [0.5, 0.6) is 0 Å². The van der Waals surface area contributed by atoms with Crippen molar-refractivity contribution in [1.29, 1.82) is 0 Å². The standard InChI is InChI=1S/C20H32O/c1-6-19(4)11-9-15-14(13-19)7-8-16-18(2,3)17(21)10-12-20(15,16)5/h6-7,15-17,21H,1,8-13H2,2-5H3/t15-,16-,17?,19+,20+/m0/s1. The van der Waals surface area contributed by atoms with Gasteiger partial charge in [0.25, 0.3) is 0 Å². The summed E-state index contributed by atoms with van der Waals surface area (Å²) in [5, 5.41) is 10.5. The molecule has 118 valence electrons. The van der Waals surface area contributed by atoms with Gasteiger partial charge in [0.15, 0.2) is 0 Å². The maximum atomic E-state index is 10.5. The topological polar surface area (TPSA) is 20.2 Å². The molecule has 0 bridgehead atoms. The SMILES string of the molecule is C=C[C@]1(C)CC[C@H]2C(=CC[C@H]3C(C)(C)C(O)CC[C@]23C)C1. The van der Waals surface area contributed by atoms with Gasteiger partial charge >= 0.3 is 0 Å². The van der Waals surface area contributed by atoms with Crippen molar-refractivity contribution >= 4 is 0 Å². The molecule has 5 atom stereocenters. The van der Waals surface area contributed by atoms with E-state index in [0.29, 0.717) is 16.7 Å². The average molecular weight is 288 g/mol. The van der Waals surface area contributed by atoms with Crippen molar-refractivity contribution in [2.45, 2.75) is 72.3 Å². The van der Waals surface area contributed by atoms with Gasteiger partial charge in [0.05, 0.1) is 6.10 Å². The van der Waals surface area contributed by atoms with Crippen LogP contribution in [0.15, 0.2) is 24.3 Å². The van der Waals surface area contributed by atoms with E-state index in [9.17, 15) is 5.11 Å². The van der Waals surface area contributed by atoms with E-state index < -0.39 is 0 Å². The quantitative estimate of drug-likeness (QED) is 0.665. The van der Waals surface area contributed by atoms with E-state index in [-0.39, 0.29) is 11.5 Å². The van der Waals surface area contributed by atoms with Crippen LogP contribution in [0.25, 0.3) is 0 Å². The second-order valence-corrected chi connectivity index (χ2v) is 9.08. The van der Waals surface area contributed by atoms with Gasteiger partial charge in [-0.15, -0.1) is 6.58 Å². The average Bonchev–Trinajstić information content (AvgIpc) is 2.43. The van der Waals surface area contributed by atoms with Crippen molar-refractivity contribution in [3.05, 3.63) is 24.3 Å². The maximum absolute atomic E-state index is 10.5. The molecule has 1 unspecified atom stereocenters. The third kappa shape index (κ3) is 2.15. The maximum Gasteiger partial charge on any atom is 0.0594 e. The van der Waals surface area contributed by atoms with Gasteiger partial charge in [-0.25, -0.2) is 0 Å². The lowest BCUT2D eigenvalue weighted by atomic mass is 9.45. The first-order chi connectivity index (χ1) is 9.73. The van der Waals surface area contributed by atoms with Gasteiger partial charge in [-0.1, -0.05) is 45.4 Å². The fraction of sp³-hybridized carbons (Fsp3) is 0.800. The Balaban J connectivity index is 1.95. The van der Waals surface area contributed by atoms with E-state index in [1.165, 1.54) is 25.7 Å². The molecular formula is C20H32O. The van der Waals surface area contributed by atoms with Gasteiger partial charge in [0.2, 0.25) is 0 Å². The molecule has 0 aromatic heterocycles. The normalized spacial score (nSPS) is 48.8. The number of fused-ring (bicyclic) bond motifs is 3. The number of rotatable bonds is 1. The second kappa shape index (κ2) is 4.72. The number of allylic oxidation sites excluding steroid dienone is 3. The van der Waals surface area contributed by atoms with Crippen molar-refractivity contribution in [2.75, 3.05) is 0 Å². The second-order valence-electron chi connectivity index (χ2n) is 9.08. The molecule has 3 aliphatic rings. The molecule has 0 radical (unpaired) electrons. The summed E-state index contributed by atoms with van der Waals surface area (Å²) in [6.07, 6.45) is 11.7. The molecule has 2 fully saturated rings. The highest BCUT2D eigenvalue weighted by molar-refractivity contribution is 5.25. The number of aliphatic hydroxyl groups excluding tert-OH is 1. The minimum absolute atomic E-state index is 0.0498. The fourth-order valence-corrected chi connectivity index (χ4v) is 5.81. The van der Waals surface area contributed by atoms with Crippen LogP contribution in [0, 0.1) is 28.1 Å². The van der Waals surface area contributed by atoms with E-state index in [1.54, 1.807) is 5.57 Å². The summed E-state index contributed by atoms with van der Waals surface area (Å²) >= 11 is 0. The zero-order valence-corrected chi connectivity index (χ0v) is 14.3. The van der Waals surface area contributed by atoms with E-state index in [4.69, 9.17) is 0 Å². The van der Waals surface area contributed by atoms with Gasteiger partial charge < -0.3 is 5.11 Å². The van der Waals surface area contributed by atoms with Gasteiger partial charge in [-0.05, 0) is 66.6 Å². The zero-order chi connectivity index (χ0) is 15.5. The van der Waals surface area contributed by atoms with Crippen LogP contribution in [0.3, 0.4) is 0 Å². The zero-order valence-electron chi connectivity index (χ0n) is 14.3. The van der Waals surface area contributed by atoms with Crippen LogP contribution in [0.4, 0.5) is 0 Å². The Morgan fingerprint density at radius 2 is 1.90 bits per heavy atom. The summed E-state index contributed by atoms with van der Waals surface area (Å²) in [5.74, 6) is 1.35. The summed E-state index contributed by atoms with van der Waals surface area (Å²) in [5.41, 5.74) is 2.42. The third-order valence-corrected chi connectivity index (χ3v) is 7.47. The predicted octanol–water partition coefficient (Wildman–Crippen LogP) is 5.11. The van der Waals surface area contributed by atoms with Crippen molar-refractivity contribution in [2.24, 2.45) is 28.1 Å². The van der Waals surface area contributed by atoms with Crippen LogP contribution in [0.1, 0.15) is 66.2 Å². The van der Waals surface area contributed by atoms with E-state index >= 15 is 0 Å². The fourth-order valence-electron chi connectivity index (χ4n) is 5.81. The first kappa shape index (κ1) is 15.3. The first-order valence-electron chi connectivity index (χ1n) is 8.73. The predicted molar refractivity (Wildman–Crippen MR) is 89.0 cm³/mol. The first-order valence-corrected chi connectivity index (χ1v) is 8.73. The van der Waals surface area contributed by atoms with E-state index in [1.807, 2.05) is 0 Å². The highest BCUT2D eigenvalue weighted by Gasteiger charge is 2.56. The number of aliphatic hydroxyl groups is 1. The van der Waals surface area contributed by atoms with Crippen molar-refractivity contribution in [3.63, 3.8) is 0 Å². The monoisotopic (exact) mass is 288 g/mol. The molecule has 0 amide bonds. The molecular weight excluding hydrogens is 256 g/mol. The minimum Gasteiger partial charge on any atom is -0.393 e. The molecule has 3 aliphatic carbocycles. The lowest BCUT2D eigenvalue weighted by Gasteiger charge is -2.60. The Hall–Kier alpha value is -0.560. The van der Waals surface area contributed by atoms with Crippen LogP contribution < -0.4 is 0 Å².